The maximum atomic E-state index is 12.3. The van der Waals surface area contributed by atoms with Gasteiger partial charge >= 0.3 is 11.6 Å². The van der Waals surface area contributed by atoms with Gasteiger partial charge in [-0.1, -0.05) is 38.5 Å². The number of aryl methyl sites for hydroxylation is 1. The number of esters is 1. The van der Waals surface area contributed by atoms with E-state index in [1.807, 2.05) is 25.1 Å². The molecule has 0 aliphatic carbocycles. The third-order valence-electron chi connectivity index (χ3n) is 4.49. The van der Waals surface area contributed by atoms with Crippen molar-refractivity contribution < 1.29 is 23.5 Å². The smallest absolute Gasteiger partial charge is 0.349 e. The van der Waals surface area contributed by atoms with Crippen molar-refractivity contribution in [1.82, 2.24) is 0 Å². The zero-order valence-electron chi connectivity index (χ0n) is 17.3. The molecule has 0 spiro atoms. The molecule has 0 fully saturated rings. The number of amides is 1. The minimum absolute atomic E-state index is 0.148. The largest absolute Gasteiger partial charge is 0.482 e. The summed E-state index contributed by atoms with van der Waals surface area (Å²) in [6.07, 6.45) is 0. The predicted molar refractivity (Wildman–Crippen MR) is 112 cm³/mol. The molecule has 7 nitrogen and oxygen atoms in total. The maximum absolute atomic E-state index is 12.3. The molecule has 0 saturated carbocycles. The molecule has 0 aliphatic rings. The average Bonchev–Trinajstić information content (AvgIpc) is 2.65. The molecule has 30 heavy (non-hydrogen) atoms. The van der Waals surface area contributed by atoms with E-state index >= 15 is 0 Å². The lowest BCUT2D eigenvalue weighted by atomic mass is 9.85. The minimum Gasteiger partial charge on any atom is -0.482 e. The van der Waals surface area contributed by atoms with Crippen LogP contribution in [0.1, 0.15) is 42.3 Å². The van der Waals surface area contributed by atoms with E-state index < -0.39 is 17.5 Å². The second-order valence-electron chi connectivity index (χ2n) is 8.02. The number of primary amides is 1. The van der Waals surface area contributed by atoms with Gasteiger partial charge in [0.1, 0.15) is 22.6 Å². The SMILES string of the molecule is Cc1ccc(OCC(=O)Oc2ccc3cc(C(N)=O)c(=O)oc3c2)c(C(C)(C)C)c1. The van der Waals surface area contributed by atoms with E-state index in [0.29, 0.717) is 11.1 Å². The normalized spacial score (nSPS) is 11.3. The van der Waals surface area contributed by atoms with Crippen molar-refractivity contribution in [2.75, 3.05) is 6.61 Å². The lowest BCUT2D eigenvalue weighted by Gasteiger charge is -2.23. The fourth-order valence-electron chi connectivity index (χ4n) is 2.98. The van der Waals surface area contributed by atoms with Crippen molar-refractivity contribution in [3.05, 3.63) is 69.6 Å². The Bertz CT molecular complexity index is 1190. The molecule has 1 aromatic heterocycles. The number of ether oxygens (including phenoxy) is 2. The summed E-state index contributed by atoms with van der Waals surface area (Å²) in [7, 11) is 0. The first-order chi connectivity index (χ1) is 14.0. The highest BCUT2D eigenvalue weighted by atomic mass is 16.6. The van der Waals surface area contributed by atoms with Crippen molar-refractivity contribution in [3.63, 3.8) is 0 Å². The lowest BCUT2D eigenvalue weighted by molar-refractivity contribution is -0.136. The van der Waals surface area contributed by atoms with Crippen LogP contribution in [0.15, 0.2) is 51.7 Å². The van der Waals surface area contributed by atoms with Gasteiger partial charge in [-0.3, -0.25) is 4.79 Å². The summed E-state index contributed by atoms with van der Waals surface area (Å²) in [4.78, 5) is 35.3. The van der Waals surface area contributed by atoms with Crippen LogP contribution in [-0.4, -0.2) is 18.5 Å². The van der Waals surface area contributed by atoms with Crippen LogP contribution >= 0.6 is 0 Å². The van der Waals surface area contributed by atoms with Crippen LogP contribution in [0.5, 0.6) is 11.5 Å². The fraction of sp³-hybridized carbons (Fsp3) is 0.261. The van der Waals surface area contributed by atoms with Crippen LogP contribution in [0.25, 0.3) is 11.0 Å². The zero-order valence-corrected chi connectivity index (χ0v) is 17.3. The van der Waals surface area contributed by atoms with E-state index in [1.165, 1.54) is 18.2 Å². The second kappa shape index (κ2) is 8.02. The number of nitrogens with two attached hydrogens (primary N) is 1. The van der Waals surface area contributed by atoms with Gasteiger partial charge in [0.25, 0.3) is 5.91 Å². The third-order valence-corrected chi connectivity index (χ3v) is 4.49. The Hall–Kier alpha value is -3.61. The minimum atomic E-state index is -0.871. The first-order valence-corrected chi connectivity index (χ1v) is 9.37. The molecular formula is C23H23NO6. The maximum Gasteiger partial charge on any atom is 0.349 e. The van der Waals surface area contributed by atoms with Crippen molar-refractivity contribution >= 4 is 22.8 Å². The average molecular weight is 409 g/mol. The first kappa shape index (κ1) is 21.1. The lowest BCUT2D eigenvalue weighted by Crippen LogP contribution is -2.21. The van der Waals surface area contributed by atoms with Crippen LogP contribution in [0.3, 0.4) is 0 Å². The second-order valence-corrected chi connectivity index (χ2v) is 8.02. The van der Waals surface area contributed by atoms with Gasteiger partial charge < -0.3 is 19.6 Å². The summed E-state index contributed by atoms with van der Waals surface area (Å²) in [5.41, 5.74) is 6.17. The Morgan fingerprint density at radius 2 is 1.80 bits per heavy atom. The molecule has 1 amide bonds. The molecule has 0 bridgehead atoms. The summed E-state index contributed by atoms with van der Waals surface area (Å²) in [5, 5.41) is 0.480. The Labute approximate surface area is 173 Å². The number of benzene rings is 2. The van der Waals surface area contributed by atoms with Crippen LogP contribution in [-0.2, 0) is 10.2 Å². The number of carbonyl (C=O) groups is 2. The van der Waals surface area contributed by atoms with E-state index in [0.717, 1.165) is 11.1 Å². The monoisotopic (exact) mass is 409 g/mol. The van der Waals surface area contributed by atoms with Gasteiger partial charge in [-0.05, 0) is 42.2 Å². The topological polar surface area (TPSA) is 109 Å². The van der Waals surface area contributed by atoms with E-state index in [9.17, 15) is 14.4 Å². The van der Waals surface area contributed by atoms with Gasteiger partial charge in [0.2, 0.25) is 0 Å². The number of rotatable bonds is 5. The summed E-state index contributed by atoms with van der Waals surface area (Å²) < 4.78 is 16.1. The van der Waals surface area contributed by atoms with E-state index in [-0.39, 0.29) is 28.9 Å². The van der Waals surface area contributed by atoms with Gasteiger partial charge in [-0.25, -0.2) is 9.59 Å². The molecule has 3 rings (SSSR count). The predicted octanol–water partition coefficient (Wildman–Crippen LogP) is 3.48. The zero-order chi connectivity index (χ0) is 22.1. The molecule has 7 heteroatoms. The Morgan fingerprint density at radius 1 is 1.07 bits per heavy atom. The van der Waals surface area contributed by atoms with Gasteiger partial charge in [-0.15, -0.1) is 0 Å². The number of hydrogen-bond donors (Lipinski definition) is 1. The van der Waals surface area contributed by atoms with Crippen LogP contribution < -0.4 is 20.8 Å². The Balaban J connectivity index is 1.74. The molecule has 3 aromatic rings. The van der Waals surface area contributed by atoms with Crippen molar-refractivity contribution in [2.45, 2.75) is 33.1 Å². The highest BCUT2D eigenvalue weighted by molar-refractivity contribution is 5.95. The fourth-order valence-corrected chi connectivity index (χ4v) is 2.98. The van der Waals surface area contributed by atoms with E-state index in [1.54, 1.807) is 6.07 Å². The van der Waals surface area contributed by atoms with Crippen LogP contribution in [0, 0.1) is 6.92 Å². The van der Waals surface area contributed by atoms with Gasteiger partial charge in [0.05, 0.1) is 0 Å². The molecule has 0 radical (unpaired) electrons. The van der Waals surface area contributed by atoms with E-state index in [4.69, 9.17) is 19.6 Å². The third kappa shape index (κ3) is 4.68. The van der Waals surface area contributed by atoms with Gasteiger partial charge in [-0.2, -0.15) is 0 Å². The van der Waals surface area contributed by atoms with Crippen molar-refractivity contribution in [3.8, 4) is 11.5 Å². The van der Waals surface area contributed by atoms with Crippen molar-refractivity contribution in [2.24, 2.45) is 5.73 Å². The summed E-state index contributed by atoms with van der Waals surface area (Å²) in [5.74, 6) is -0.672. The highest BCUT2D eigenvalue weighted by Crippen LogP contribution is 2.32. The van der Waals surface area contributed by atoms with Crippen LogP contribution in [0.4, 0.5) is 0 Å². The van der Waals surface area contributed by atoms with Crippen LogP contribution in [0.2, 0.25) is 0 Å². The number of hydrogen-bond acceptors (Lipinski definition) is 6. The van der Waals surface area contributed by atoms with Gasteiger partial charge in [0, 0.05) is 11.5 Å². The molecule has 0 saturated heterocycles. The summed E-state index contributed by atoms with van der Waals surface area (Å²) >= 11 is 0. The number of fused-ring (bicyclic) bond motifs is 1. The van der Waals surface area contributed by atoms with Crippen molar-refractivity contribution in [1.29, 1.82) is 0 Å². The summed E-state index contributed by atoms with van der Waals surface area (Å²) in [6, 6.07) is 11.6. The quantitative estimate of drug-likeness (QED) is 0.393. The molecular weight excluding hydrogens is 386 g/mol. The number of carbonyl (C=O) groups excluding carboxylic acids is 2. The standard InChI is InChI=1S/C23H23NO6/c1-13-5-8-18(17(9-13)23(2,3)4)28-12-20(25)29-15-7-6-14-10-16(21(24)26)22(27)30-19(14)11-15/h5-11H,12H2,1-4H3,(H2,24,26). The molecule has 2 aromatic carbocycles. The van der Waals surface area contributed by atoms with Gasteiger partial charge in [0.15, 0.2) is 6.61 Å². The molecule has 156 valence electrons. The van der Waals surface area contributed by atoms with E-state index in [2.05, 4.69) is 20.8 Å². The molecule has 0 atom stereocenters. The molecule has 0 unspecified atom stereocenters. The first-order valence-electron chi connectivity index (χ1n) is 9.37. The highest BCUT2D eigenvalue weighted by Gasteiger charge is 2.20. The Kier molecular flexibility index (Phi) is 5.64. The summed E-state index contributed by atoms with van der Waals surface area (Å²) in [6.45, 7) is 7.92. The Morgan fingerprint density at radius 3 is 2.47 bits per heavy atom. The molecule has 2 N–H and O–H groups in total. The molecule has 0 aliphatic heterocycles. The molecule has 1 heterocycles.